The number of aromatic nitrogens is 2. The Hall–Kier alpha value is -2.18. The van der Waals surface area contributed by atoms with Gasteiger partial charge in [0.15, 0.2) is 11.6 Å². The van der Waals surface area contributed by atoms with Crippen molar-refractivity contribution in [3.05, 3.63) is 36.7 Å². The summed E-state index contributed by atoms with van der Waals surface area (Å²) in [4.78, 5) is 8.89. The fourth-order valence-corrected chi connectivity index (χ4v) is 3.18. The number of unbranched alkanes of at least 4 members (excludes halogenated alkanes) is 5. The Bertz CT molecular complexity index is 707. The van der Waals surface area contributed by atoms with Gasteiger partial charge in [0.05, 0.1) is 25.6 Å². The third-order valence-electron chi connectivity index (χ3n) is 5.13. The molecule has 0 aliphatic carbocycles. The molecular weight excluding hydrogens is 416 g/mol. The number of rotatable bonds is 20. The molecule has 0 unspecified atom stereocenters. The second-order valence-electron chi connectivity index (χ2n) is 8.16. The van der Waals surface area contributed by atoms with Gasteiger partial charge >= 0.3 is 0 Å². The second kappa shape index (κ2) is 18.3. The molecule has 6 nitrogen and oxygen atoms in total. The van der Waals surface area contributed by atoms with Crippen molar-refractivity contribution in [1.29, 1.82) is 0 Å². The van der Waals surface area contributed by atoms with E-state index in [0.717, 1.165) is 82.7 Å². The minimum atomic E-state index is 0.685. The van der Waals surface area contributed by atoms with Crippen LogP contribution in [-0.2, 0) is 9.47 Å². The van der Waals surface area contributed by atoms with Crippen LogP contribution in [0.4, 0.5) is 0 Å². The van der Waals surface area contributed by atoms with Gasteiger partial charge in [-0.25, -0.2) is 9.97 Å². The summed E-state index contributed by atoms with van der Waals surface area (Å²) in [7, 11) is 0. The van der Waals surface area contributed by atoms with E-state index in [1.807, 2.05) is 24.3 Å². The van der Waals surface area contributed by atoms with Crippen molar-refractivity contribution in [2.75, 3.05) is 39.6 Å². The van der Waals surface area contributed by atoms with Crippen molar-refractivity contribution in [3.8, 4) is 22.9 Å². The summed E-state index contributed by atoms with van der Waals surface area (Å²) in [5, 5.41) is 0. The summed E-state index contributed by atoms with van der Waals surface area (Å²) >= 11 is 0. The van der Waals surface area contributed by atoms with Gasteiger partial charge in [0, 0.05) is 32.0 Å². The molecule has 0 spiro atoms. The van der Waals surface area contributed by atoms with Crippen LogP contribution in [-0.4, -0.2) is 49.6 Å². The van der Waals surface area contributed by atoms with Crippen LogP contribution in [0.15, 0.2) is 36.7 Å². The molecule has 1 aromatic carbocycles. The van der Waals surface area contributed by atoms with Gasteiger partial charge in [-0.15, -0.1) is 0 Å². The highest BCUT2D eigenvalue weighted by molar-refractivity contribution is 5.56. The summed E-state index contributed by atoms with van der Waals surface area (Å²) in [6.45, 7) is 9.11. The average Bonchev–Trinajstić information content (AvgIpc) is 2.85. The van der Waals surface area contributed by atoms with Crippen molar-refractivity contribution < 1.29 is 18.9 Å². The molecule has 0 fully saturated rings. The van der Waals surface area contributed by atoms with Crippen molar-refractivity contribution in [1.82, 2.24) is 9.97 Å². The van der Waals surface area contributed by atoms with Gasteiger partial charge in [-0.05, 0) is 69.2 Å². The average molecular weight is 459 g/mol. The molecule has 2 rings (SSSR count). The Labute approximate surface area is 200 Å². The van der Waals surface area contributed by atoms with Crippen LogP contribution < -0.4 is 9.47 Å². The van der Waals surface area contributed by atoms with Gasteiger partial charge in [-0.2, -0.15) is 0 Å². The summed E-state index contributed by atoms with van der Waals surface area (Å²) < 4.78 is 22.6. The Balaban J connectivity index is 1.58. The summed E-state index contributed by atoms with van der Waals surface area (Å²) in [5.74, 6) is 2.26. The molecule has 0 bridgehead atoms. The number of nitrogens with zero attached hydrogens (tertiary/aromatic N) is 2. The number of hydrogen-bond donors (Lipinski definition) is 0. The van der Waals surface area contributed by atoms with Crippen LogP contribution in [0.5, 0.6) is 11.5 Å². The highest BCUT2D eigenvalue weighted by Crippen LogP contribution is 2.20. The second-order valence-corrected chi connectivity index (χ2v) is 8.16. The van der Waals surface area contributed by atoms with Crippen LogP contribution in [0.1, 0.15) is 71.6 Å². The fraction of sp³-hybridized carbons (Fsp3) is 0.630. The van der Waals surface area contributed by atoms with E-state index in [0.29, 0.717) is 24.8 Å². The lowest BCUT2D eigenvalue weighted by Gasteiger charge is -2.08. The number of benzene rings is 1. The van der Waals surface area contributed by atoms with Crippen LogP contribution >= 0.6 is 0 Å². The lowest BCUT2D eigenvalue weighted by Crippen LogP contribution is -2.01. The largest absolute Gasteiger partial charge is 0.494 e. The first kappa shape index (κ1) is 27.1. The maximum absolute atomic E-state index is 5.80. The number of ether oxygens (including phenoxy) is 4. The standard InChI is InChI=1S/C27H42N2O4/c1-3-5-17-31-18-8-6-7-9-20-33-26-22-28-27(29-23-26)24-12-14-25(15-13-24)32-21-11-10-19-30-16-4-2/h12-15,22-23H,3-11,16-21H2,1-2H3. The first-order chi connectivity index (χ1) is 16.3. The molecule has 6 heteroatoms. The van der Waals surface area contributed by atoms with E-state index in [4.69, 9.17) is 18.9 Å². The lowest BCUT2D eigenvalue weighted by molar-refractivity contribution is 0.126. The molecule has 0 saturated carbocycles. The third-order valence-corrected chi connectivity index (χ3v) is 5.13. The van der Waals surface area contributed by atoms with Gasteiger partial charge in [0.25, 0.3) is 0 Å². The van der Waals surface area contributed by atoms with Crippen molar-refractivity contribution in [2.45, 2.75) is 71.6 Å². The van der Waals surface area contributed by atoms with Crippen molar-refractivity contribution >= 4 is 0 Å². The summed E-state index contributed by atoms with van der Waals surface area (Å²) in [6, 6.07) is 7.90. The SMILES string of the molecule is CCCCOCCCCCCOc1cnc(-c2ccc(OCCCCOCCC)cc2)nc1. The smallest absolute Gasteiger partial charge is 0.159 e. The molecule has 0 radical (unpaired) electrons. The van der Waals surface area contributed by atoms with Gasteiger partial charge in [-0.1, -0.05) is 26.7 Å². The van der Waals surface area contributed by atoms with E-state index >= 15 is 0 Å². The van der Waals surface area contributed by atoms with Crippen LogP contribution in [0, 0.1) is 0 Å². The minimum absolute atomic E-state index is 0.685. The molecule has 1 heterocycles. The zero-order chi connectivity index (χ0) is 23.4. The van der Waals surface area contributed by atoms with Crippen LogP contribution in [0.25, 0.3) is 11.4 Å². The number of hydrogen-bond acceptors (Lipinski definition) is 6. The zero-order valence-electron chi connectivity index (χ0n) is 20.6. The molecular formula is C27H42N2O4. The predicted octanol–water partition coefficient (Wildman–Crippen LogP) is 6.49. The van der Waals surface area contributed by atoms with E-state index in [-0.39, 0.29) is 0 Å². The first-order valence-electron chi connectivity index (χ1n) is 12.7. The fourth-order valence-electron chi connectivity index (χ4n) is 3.18. The van der Waals surface area contributed by atoms with E-state index in [1.54, 1.807) is 12.4 Å². The quantitative estimate of drug-likeness (QED) is 0.211. The Kier molecular flexibility index (Phi) is 15.0. The van der Waals surface area contributed by atoms with Crippen LogP contribution in [0.2, 0.25) is 0 Å². The lowest BCUT2D eigenvalue weighted by atomic mass is 10.2. The zero-order valence-corrected chi connectivity index (χ0v) is 20.6. The third kappa shape index (κ3) is 12.6. The first-order valence-corrected chi connectivity index (χ1v) is 12.7. The van der Waals surface area contributed by atoms with Gasteiger partial charge < -0.3 is 18.9 Å². The molecule has 0 N–H and O–H groups in total. The molecule has 0 amide bonds. The molecule has 1 aromatic heterocycles. The molecule has 0 saturated heterocycles. The monoisotopic (exact) mass is 458 g/mol. The van der Waals surface area contributed by atoms with Crippen molar-refractivity contribution in [3.63, 3.8) is 0 Å². The molecule has 2 aromatic rings. The molecule has 0 aliphatic rings. The summed E-state index contributed by atoms with van der Waals surface area (Å²) in [5.41, 5.74) is 0.961. The molecule has 0 aliphatic heterocycles. The van der Waals surface area contributed by atoms with E-state index in [1.165, 1.54) is 12.8 Å². The Morgan fingerprint density at radius 3 is 1.76 bits per heavy atom. The van der Waals surface area contributed by atoms with Crippen LogP contribution in [0.3, 0.4) is 0 Å². The van der Waals surface area contributed by atoms with Crippen molar-refractivity contribution in [2.24, 2.45) is 0 Å². The summed E-state index contributed by atoms with van der Waals surface area (Å²) in [6.07, 6.45) is 13.4. The highest BCUT2D eigenvalue weighted by Gasteiger charge is 2.03. The van der Waals surface area contributed by atoms with E-state index < -0.39 is 0 Å². The highest BCUT2D eigenvalue weighted by atomic mass is 16.5. The van der Waals surface area contributed by atoms with Gasteiger partial charge in [-0.3, -0.25) is 0 Å². The Morgan fingerprint density at radius 2 is 1.09 bits per heavy atom. The normalized spacial score (nSPS) is 11.0. The topological polar surface area (TPSA) is 62.7 Å². The van der Waals surface area contributed by atoms with Gasteiger partial charge in [0.2, 0.25) is 0 Å². The van der Waals surface area contributed by atoms with Gasteiger partial charge in [0.1, 0.15) is 5.75 Å². The Morgan fingerprint density at radius 1 is 0.545 bits per heavy atom. The predicted molar refractivity (Wildman–Crippen MR) is 133 cm³/mol. The minimum Gasteiger partial charge on any atom is -0.494 e. The van der Waals surface area contributed by atoms with E-state index in [9.17, 15) is 0 Å². The molecule has 33 heavy (non-hydrogen) atoms. The maximum Gasteiger partial charge on any atom is 0.159 e. The molecule has 0 atom stereocenters. The van der Waals surface area contributed by atoms with E-state index in [2.05, 4.69) is 23.8 Å². The maximum atomic E-state index is 5.80. The molecule has 184 valence electrons.